The third-order valence-corrected chi connectivity index (χ3v) is 4.01. The van der Waals surface area contributed by atoms with Gasteiger partial charge in [-0.05, 0) is 37.6 Å². The monoisotopic (exact) mass is 362 g/mol. The Morgan fingerprint density at radius 3 is 2.65 bits per heavy atom. The molecule has 0 saturated carbocycles. The molecule has 26 heavy (non-hydrogen) atoms. The smallest absolute Gasteiger partial charge is 0.352 e. The first-order chi connectivity index (χ1) is 12.4. The van der Waals surface area contributed by atoms with E-state index in [2.05, 4.69) is 19.9 Å². The van der Waals surface area contributed by atoms with Gasteiger partial charge in [0, 0.05) is 19.3 Å². The van der Waals surface area contributed by atoms with Gasteiger partial charge < -0.3 is 9.88 Å². The van der Waals surface area contributed by atoms with Gasteiger partial charge in [-0.1, -0.05) is 12.1 Å². The van der Waals surface area contributed by atoms with E-state index in [0.29, 0.717) is 19.5 Å². The Morgan fingerprint density at radius 2 is 1.96 bits per heavy atom. The number of aryl methyl sites for hydroxylation is 2. The van der Waals surface area contributed by atoms with Crippen molar-refractivity contribution in [3.63, 3.8) is 0 Å². The Hall–Kier alpha value is -2.90. The van der Waals surface area contributed by atoms with E-state index in [0.717, 1.165) is 35.2 Å². The van der Waals surface area contributed by atoms with Crippen LogP contribution < -0.4 is 5.32 Å². The molecule has 2 aromatic heterocycles. The van der Waals surface area contributed by atoms with E-state index in [1.54, 1.807) is 0 Å². The standard InChI is InChI=1S/C18H17F3N4O/c1-12-24-14-5-2-3-6-15(14)25(12)10-4-9-22-17(26)13-7-8-16(23-11-13)18(19,20)21/h2-3,5-8,11H,4,9-10H2,1H3,(H,22,26). The van der Waals surface area contributed by atoms with Gasteiger partial charge in [-0.3, -0.25) is 9.78 Å². The molecule has 0 aliphatic carbocycles. The Labute approximate surface area is 147 Å². The number of carbonyl (C=O) groups excluding carboxylic acids is 1. The fourth-order valence-corrected chi connectivity index (χ4v) is 2.72. The highest BCUT2D eigenvalue weighted by atomic mass is 19.4. The summed E-state index contributed by atoms with van der Waals surface area (Å²) in [6, 6.07) is 9.73. The summed E-state index contributed by atoms with van der Waals surface area (Å²) < 4.78 is 39.5. The second-order valence-corrected chi connectivity index (χ2v) is 5.84. The quantitative estimate of drug-likeness (QED) is 0.706. The second-order valence-electron chi connectivity index (χ2n) is 5.84. The predicted octanol–water partition coefficient (Wildman–Crippen LogP) is 3.58. The summed E-state index contributed by atoms with van der Waals surface area (Å²) in [6.45, 7) is 3.00. The molecule has 136 valence electrons. The van der Waals surface area contributed by atoms with Gasteiger partial charge in [-0.25, -0.2) is 4.98 Å². The molecular weight excluding hydrogens is 345 g/mol. The van der Waals surface area contributed by atoms with Crippen LogP contribution in [-0.2, 0) is 12.7 Å². The summed E-state index contributed by atoms with van der Waals surface area (Å²) in [5.41, 5.74) is 1.03. The van der Waals surface area contributed by atoms with Crippen molar-refractivity contribution < 1.29 is 18.0 Å². The van der Waals surface area contributed by atoms with E-state index < -0.39 is 17.8 Å². The zero-order valence-electron chi connectivity index (χ0n) is 14.0. The van der Waals surface area contributed by atoms with Crippen LogP contribution in [0.15, 0.2) is 42.6 Å². The number of hydrogen-bond acceptors (Lipinski definition) is 3. The van der Waals surface area contributed by atoms with E-state index in [-0.39, 0.29) is 5.56 Å². The minimum atomic E-state index is -4.51. The Bertz CT molecular complexity index is 916. The molecule has 0 unspecified atom stereocenters. The van der Waals surface area contributed by atoms with Crippen LogP contribution in [0.4, 0.5) is 13.2 Å². The van der Waals surface area contributed by atoms with Crippen molar-refractivity contribution >= 4 is 16.9 Å². The lowest BCUT2D eigenvalue weighted by molar-refractivity contribution is -0.141. The van der Waals surface area contributed by atoms with Crippen LogP contribution in [0.1, 0.15) is 28.3 Å². The van der Waals surface area contributed by atoms with Gasteiger partial charge in [-0.2, -0.15) is 13.2 Å². The van der Waals surface area contributed by atoms with E-state index in [1.165, 1.54) is 0 Å². The number of rotatable bonds is 5. The predicted molar refractivity (Wildman–Crippen MR) is 90.7 cm³/mol. The van der Waals surface area contributed by atoms with Crippen molar-refractivity contribution in [1.29, 1.82) is 0 Å². The van der Waals surface area contributed by atoms with E-state index in [9.17, 15) is 18.0 Å². The molecule has 0 aliphatic rings. The van der Waals surface area contributed by atoms with E-state index >= 15 is 0 Å². The maximum Gasteiger partial charge on any atom is 0.433 e. The molecule has 3 aromatic rings. The fourth-order valence-electron chi connectivity index (χ4n) is 2.72. The maximum atomic E-state index is 12.5. The second kappa shape index (κ2) is 7.15. The number of nitrogens with one attached hydrogen (secondary N) is 1. The average Bonchev–Trinajstić information content (AvgIpc) is 2.93. The third kappa shape index (κ3) is 3.84. The number of nitrogens with zero attached hydrogens (tertiary/aromatic N) is 3. The number of pyridine rings is 1. The molecule has 0 saturated heterocycles. The largest absolute Gasteiger partial charge is 0.433 e. The van der Waals surface area contributed by atoms with Crippen molar-refractivity contribution in [2.45, 2.75) is 26.1 Å². The molecule has 0 aliphatic heterocycles. The van der Waals surface area contributed by atoms with Crippen LogP contribution in [0, 0.1) is 6.92 Å². The van der Waals surface area contributed by atoms with Gasteiger partial charge in [0.25, 0.3) is 5.91 Å². The third-order valence-electron chi connectivity index (χ3n) is 4.01. The number of halogens is 3. The van der Waals surface area contributed by atoms with Gasteiger partial charge in [0.05, 0.1) is 16.6 Å². The van der Waals surface area contributed by atoms with Crippen molar-refractivity contribution in [1.82, 2.24) is 19.9 Å². The normalized spacial score (nSPS) is 11.7. The number of aromatic nitrogens is 3. The van der Waals surface area contributed by atoms with E-state index in [1.807, 2.05) is 31.2 Å². The topological polar surface area (TPSA) is 59.8 Å². The maximum absolute atomic E-state index is 12.5. The summed E-state index contributed by atoms with van der Waals surface area (Å²) in [5.74, 6) is 0.447. The molecule has 1 amide bonds. The number of carbonyl (C=O) groups is 1. The Balaban J connectivity index is 1.54. The van der Waals surface area contributed by atoms with Gasteiger partial charge >= 0.3 is 6.18 Å². The van der Waals surface area contributed by atoms with Crippen LogP contribution in [0.5, 0.6) is 0 Å². The summed E-state index contributed by atoms with van der Waals surface area (Å²) >= 11 is 0. The van der Waals surface area contributed by atoms with Crippen molar-refractivity contribution in [3.05, 3.63) is 59.7 Å². The Morgan fingerprint density at radius 1 is 1.19 bits per heavy atom. The number of alkyl halides is 3. The molecule has 0 fully saturated rings. The zero-order chi connectivity index (χ0) is 18.7. The summed E-state index contributed by atoms with van der Waals surface area (Å²) in [4.78, 5) is 19.8. The molecule has 5 nitrogen and oxygen atoms in total. The molecule has 0 bridgehead atoms. The minimum Gasteiger partial charge on any atom is -0.352 e. The molecule has 2 heterocycles. The van der Waals surface area contributed by atoms with Gasteiger partial charge in [-0.15, -0.1) is 0 Å². The first kappa shape index (κ1) is 17.9. The lowest BCUT2D eigenvalue weighted by atomic mass is 10.2. The summed E-state index contributed by atoms with van der Waals surface area (Å²) in [7, 11) is 0. The van der Waals surface area contributed by atoms with Crippen LogP contribution in [0.2, 0.25) is 0 Å². The molecule has 3 rings (SSSR count). The molecule has 0 atom stereocenters. The van der Waals surface area contributed by atoms with Gasteiger partial charge in [0.1, 0.15) is 11.5 Å². The average molecular weight is 362 g/mol. The van der Waals surface area contributed by atoms with Crippen LogP contribution in [0.25, 0.3) is 11.0 Å². The first-order valence-corrected chi connectivity index (χ1v) is 8.09. The highest BCUT2D eigenvalue weighted by molar-refractivity contribution is 5.93. The highest BCUT2D eigenvalue weighted by Gasteiger charge is 2.32. The summed E-state index contributed by atoms with van der Waals surface area (Å²) in [5, 5.41) is 2.69. The fraction of sp³-hybridized carbons (Fsp3) is 0.278. The zero-order valence-corrected chi connectivity index (χ0v) is 14.0. The lowest BCUT2D eigenvalue weighted by Crippen LogP contribution is -2.25. The number of benzene rings is 1. The molecular formula is C18H17F3N4O. The van der Waals surface area contributed by atoms with E-state index in [4.69, 9.17) is 0 Å². The molecule has 1 aromatic carbocycles. The SMILES string of the molecule is Cc1nc2ccccc2n1CCCNC(=O)c1ccc(C(F)(F)F)nc1. The summed E-state index contributed by atoms with van der Waals surface area (Å²) in [6.07, 6.45) is -2.91. The Kier molecular flexibility index (Phi) is 4.92. The number of hydrogen-bond donors (Lipinski definition) is 1. The number of amides is 1. The number of para-hydroxylation sites is 2. The molecule has 8 heteroatoms. The number of imidazole rings is 1. The molecule has 0 spiro atoms. The van der Waals surface area contributed by atoms with Crippen molar-refractivity contribution in [2.75, 3.05) is 6.54 Å². The minimum absolute atomic E-state index is 0.0993. The van der Waals surface area contributed by atoms with Gasteiger partial charge in [0.15, 0.2) is 0 Å². The number of fused-ring (bicyclic) bond motifs is 1. The van der Waals surface area contributed by atoms with Crippen LogP contribution in [0.3, 0.4) is 0 Å². The van der Waals surface area contributed by atoms with Gasteiger partial charge in [0.2, 0.25) is 0 Å². The highest BCUT2D eigenvalue weighted by Crippen LogP contribution is 2.27. The van der Waals surface area contributed by atoms with Crippen molar-refractivity contribution in [3.8, 4) is 0 Å². The molecule has 1 N–H and O–H groups in total. The van der Waals surface area contributed by atoms with Crippen LogP contribution >= 0.6 is 0 Å². The van der Waals surface area contributed by atoms with Crippen molar-refractivity contribution in [2.24, 2.45) is 0 Å². The lowest BCUT2D eigenvalue weighted by Gasteiger charge is -2.09. The molecule has 0 radical (unpaired) electrons. The first-order valence-electron chi connectivity index (χ1n) is 8.09. The van der Waals surface area contributed by atoms with Crippen LogP contribution in [-0.4, -0.2) is 27.0 Å².